The van der Waals surface area contributed by atoms with Gasteiger partial charge in [0.05, 0.1) is 13.2 Å². The first-order valence-electron chi connectivity index (χ1n) is 9.16. The number of rotatable bonds is 8. The second-order valence-corrected chi connectivity index (χ2v) is 7.08. The van der Waals surface area contributed by atoms with E-state index in [-0.39, 0.29) is 24.1 Å². The summed E-state index contributed by atoms with van der Waals surface area (Å²) in [6, 6.07) is 3.28. The summed E-state index contributed by atoms with van der Waals surface area (Å²) in [7, 11) is 0. The van der Waals surface area contributed by atoms with Gasteiger partial charge in [0.25, 0.3) is 5.56 Å². The third-order valence-electron chi connectivity index (χ3n) is 4.31. The molecule has 2 rings (SSSR count). The number of carbonyl (C=O) groups is 1. The third-order valence-corrected chi connectivity index (χ3v) is 4.31. The fourth-order valence-electron chi connectivity index (χ4n) is 2.87. The van der Waals surface area contributed by atoms with Crippen molar-refractivity contribution in [3.05, 3.63) is 22.5 Å². The van der Waals surface area contributed by atoms with Gasteiger partial charge in [-0.15, -0.1) is 0 Å². The summed E-state index contributed by atoms with van der Waals surface area (Å²) in [5, 5.41) is 7.30. The Hall–Kier alpha value is -1.89. The summed E-state index contributed by atoms with van der Waals surface area (Å²) in [5.74, 6) is 1.21. The van der Waals surface area contributed by atoms with Crippen molar-refractivity contribution in [3.8, 4) is 0 Å². The van der Waals surface area contributed by atoms with Crippen LogP contribution in [0.15, 0.2) is 16.9 Å². The van der Waals surface area contributed by atoms with Crippen molar-refractivity contribution >= 4 is 11.7 Å². The first kappa shape index (κ1) is 19.4. The second kappa shape index (κ2) is 9.56. The number of nitrogens with zero attached hydrogens (tertiary/aromatic N) is 3. The zero-order valence-corrected chi connectivity index (χ0v) is 15.5. The number of ether oxygens (including phenoxy) is 1. The highest BCUT2D eigenvalue weighted by molar-refractivity contribution is 5.75. The number of anilines is 1. The summed E-state index contributed by atoms with van der Waals surface area (Å²) < 4.78 is 6.57. The van der Waals surface area contributed by atoms with Gasteiger partial charge in [-0.3, -0.25) is 9.59 Å². The predicted octanol–water partition coefficient (Wildman–Crippen LogP) is 1.41. The summed E-state index contributed by atoms with van der Waals surface area (Å²) >= 11 is 0. The zero-order chi connectivity index (χ0) is 18.2. The molecule has 1 aliphatic rings. The van der Waals surface area contributed by atoms with Crippen LogP contribution in [-0.4, -0.2) is 48.0 Å². The van der Waals surface area contributed by atoms with Gasteiger partial charge in [-0.2, -0.15) is 5.10 Å². The molecule has 25 heavy (non-hydrogen) atoms. The van der Waals surface area contributed by atoms with Gasteiger partial charge >= 0.3 is 0 Å². The maximum atomic E-state index is 12.2. The molecule has 1 aromatic rings. The maximum Gasteiger partial charge on any atom is 0.267 e. The lowest BCUT2D eigenvalue weighted by molar-refractivity contribution is -0.122. The minimum atomic E-state index is -0.264. The van der Waals surface area contributed by atoms with E-state index in [1.54, 1.807) is 6.07 Å². The van der Waals surface area contributed by atoms with Crippen molar-refractivity contribution in [1.29, 1.82) is 0 Å². The van der Waals surface area contributed by atoms with Gasteiger partial charge in [0.15, 0.2) is 0 Å². The van der Waals surface area contributed by atoms with Crippen LogP contribution in [0.5, 0.6) is 0 Å². The Balaban J connectivity index is 1.90. The molecule has 1 atom stereocenters. The van der Waals surface area contributed by atoms with Crippen molar-refractivity contribution in [1.82, 2.24) is 15.1 Å². The van der Waals surface area contributed by atoms with Crippen LogP contribution in [-0.2, 0) is 16.1 Å². The quantitative estimate of drug-likeness (QED) is 0.767. The molecule has 0 unspecified atom stereocenters. The number of hydrogen-bond acceptors (Lipinski definition) is 5. The van der Waals surface area contributed by atoms with Crippen LogP contribution in [0.1, 0.15) is 40.0 Å². The third kappa shape index (κ3) is 6.49. The lowest BCUT2D eigenvalue weighted by Gasteiger charge is -2.27. The monoisotopic (exact) mass is 350 g/mol. The number of amides is 1. The molecule has 0 bridgehead atoms. The first-order chi connectivity index (χ1) is 12.0. The van der Waals surface area contributed by atoms with Gasteiger partial charge in [0, 0.05) is 25.2 Å². The van der Waals surface area contributed by atoms with Gasteiger partial charge < -0.3 is 15.0 Å². The van der Waals surface area contributed by atoms with E-state index in [2.05, 4.69) is 29.2 Å². The molecule has 7 heteroatoms. The summed E-state index contributed by atoms with van der Waals surface area (Å²) in [5.41, 5.74) is -0.264. The lowest BCUT2D eigenvalue weighted by atomic mass is 10.0. The molecule has 0 aromatic carbocycles. The Labute approximate surface area is 149 Å². The molecule has 1 aromatic heterocycles. The SMILES string of the molecule is CC(C)CCC[C@@H](C)NC(=O)Cn1nc(N2CCOCC2)ccc1=O. The van der Waals surface area contributed by atoms with Gasteiger partial charge in [-0.1, -0.05) is 26.7 Å². The largest absolute Gasteiger partial charge is 0.378 e. The molecule has 1 saturated heterocycles. The molecular formula is C18H30N4O3. The molecule has 1 aliphatic heterocycles. The Kier molecular flexibility index (Phi) is 7.43. The number of morpholine rings is 1. The number of hydrogen-bond donors (Lipinski definition) is 1. The molecule has 0 radical (unpaired) electrons. The molecule has 2 heterocycles. The molecule has 1 N–H and O–H groups in total. The van der Waals surface area contributed by atoms with E-state index in [1.807, 2.05) is 6.92 Å². The van der Waals surface area contributed by atoms with Crippen molar-refractivity contribution in [2.75, 3.05) is 31.2 Å². The van der Waals surface area contributed by atoms with Gasteiger partial charge in [0.2, 0.25) is 5.91 Å². The summed E-state index contributed by atoms with van der Waals surface area (Å²) in [6.45, 7) is 9.12. The van der Waals surface area contributed by atoms with Crippen molar-refractivity contribution in [2.45, 2.75) is 52.6 Å². The molecule has 7 nitrogen and oxygen atoms in total. The predicted molar refractivity (Wildman–Crippen MR) is 97.8 cm³/mol. The van der Waals surface area contributed by atoms with E-state index < -0.39 is 0 Å². The number of carbonyl (C=O) groups excluding carboxylic acids is 1. The lowest BCUT2D eigenvalue weighted by Crippen LogP contribution is -2.40. The van der Waals surface area contributed by atoms with Crippen LogP contribution < -0.4 is 15.8 Å². The topological polar surface area (TPSA) is 76.5 Å². The highest BCUT2D eigenvalue weighted by Gasteiger charge is 2.15. The Morgan fingerprint density at radius 1 is 1.24 bits per heavy atom. The van der Waals surface area contributed by atoms with Crippen LogP contribution in [0.3, 0.4) is 0 Å². The minimum Gasteiger partial charge on any atom is -0.378 e. The summed E-state index contributed by atoms with van der Waals surface area (Å²) in [6.07, 6.45) is 3.19. The average molecular weight is 350 g/mol. The highest BCUT2D eigenvalue weighted by Crippen LogP contribution is 2.10. The Morgan fingerprint density at radius 3 is 2.64 bits per heavy atom. The van der Waals surface area contributed by atoms with Gasteiger partial charge in [0.1, 0.15) is 12.4 Å². The molecule has 140 valence electrons. The van der Waals surface area contributed by atoms with E-state index in [1.165, 1.54) is 10.7 Å². The molecule has 0 spiro atoms. The van der Waals surface area contributed by atoms with Gasteiger partial charge in [-0.05, 0) is 25.3 Å². The van der Waals surface area contributed by atoms with Crippen molar-refractivity contribution in [2.24, 2.45) is 5.92 Å². The van der Waals surface area contributed by atoms with Gasteiger partial charge in [-0.25, -0.2) is 4.68 Å². The molecular weight excluding hydrogens is 320 g/mol. The second-order valence-electron chi connectivity index (χ2n) is 7.08. The number of nitrogens with one attached hydrogen (secondary N) is 1. The fraction of sp³-hybridized carbons (Fsp3) is 0.722. The average Bonchev–Trinajstić information content (AvgIpc) is 2.57. The fourth-order valence-corrected chi connectivity index (χ4v) is 2.87. The van der Waals surface area contributed by atoms with Crippen LogP contribution in [0.25, 0.3) is 0 Å². The van der Waals surface area contributed by atoms with Crippen molar-refractivity contribution in [3.63, 3.8) is 0 Å². The van der Waals surface area contributed by atoms with E-state index in [9.17, 15) is 9.59 Å². The van der Waals surface area contributed by atoms with Crippen LogP contribution >= 0.6 is 0 Å². The highest BCUT2D eigenvalue weighted by atomic mass is 16.5. The molecule has 1 fully saturated rings. The van der Waals surface area contributed by atoms with E-state index in [0.29, 0.717) is 24.9 Å². The first-order valence-corrected chi connectivity index (χ1v) is 9.16. The standard InChI is InChI=1S/C18H30N4O3/c1-14(2)5-4-6-15(3)19-17(23)13-22-18(24)8-7-16(20-22)21-9-11-25-12-10-21/h7-8,14-15H,4-6,9-13H2,1-3H3,(H,19,23)/t15-/m1/s1. The Bertz CT molecular complexity index is 609. The zero-order valence-electron chi connectivity index (χ0n) is 15.5. The molecule has 0 aliphatic carbocycles. The van der Waals surface area contributed by atoms with E-state index in [0.717, 1.165) is 32.4 Å². The molecule has 0 saturated carbocycles. The van der Waals surface area contributed by atoms with E-state index >= 15 is 0 Å². The summed E-state index contributed by atoms with van der Waals surface area (Å²) in [4.78, 5) is 26.3. The van der Waals surface area contributed by atoms with Crippen molar-refractivity contribution < 1.29 is 9.53 Å². The van der Waals surface area contributed by atoms with Crippen LogP contribution in [0.4, 0.5) is 5.82 Å². The maximum absolute atomic E-state index is 12.2. The normalized spacial score (nSPS) is 16.1. The minimum absolute atomic E-state index is 0.0501. The smallest absolute Gasteiger partial charge is 0.267 e. The van der Waals surface area contributed by atoms with Crippen LogP contribution in [0.2, 0.25) is 0 Å². The molecule has 1 amide bonds. The number of aromatic nitrogens is 2. The Morgan fingerprint density at radius 2 is 1.96 bits per heavy atom. The van der Waals surface area contributed by atoms with Crippen LogP contribution in [0, 0.1) is 5.92 Å². The van der Waals surface area contributed by atoms with E-state index in [4.69, 9.17) is 4.74 Å².